The number of rotatable bonds is 5. The lowest BCUT2D eigenvalue weighted by molar-refractivity contribution is -0.146. The standard InChI is InChI=1S/C15H19F3N4O/c1-3-10(2)20-14(23)19-8-9-22-12-7-5-4-6-11(12)21-13(22)15(16,17)18/h4-7,10H,3,8-9H2,1-2H3,(H2,19,20,23)/t10-/m1/s1. The summed E-state index contributed by atoms with van der Waals surface area (Å²) in [6, 6.07) is 6.02. The lowest BCUT2D eigenvalue weighted by Gasteiger charge is -2.14. The lowest BCUT2D eigenvalue weighted by Crippen LogP contribution is -2.41. The first kappa shape index (κ1) is 17.1. The van der Waals surface area contributed by atoms with Gasteiger partial charge in [0.05, 0.1) is 11.0 Å². The van der Waals surface area contributed by atoms with Crippen molar-refractivity contribution >= 4 is 17.1 Å². The van der Waals surface area contributed by atoms with Gasteiger partial charge in [0, 0.05) is 19.1 Å². The Morgan fingerprint density at radius 3 is 2.70 bits per heavy atom. The van der Waals surface area contributed by atoms with Crippen LogP contribution in [0.1, 0.15) is 26.1 Å². The monoisotopic (exact) mass is 328 g/mol. The minimum absolute atomic E-state index is 0.00908. The largest absolute Gasteiger partial charge is 0.449 e. The number of carbonyl (C=O) groups is 1. The summed E-state index contributed by atoms with van der Waals surface area (Å²) in [6.07, 6.45) is -3.77. The van der Waals surface area contributed by atoms with Gasteiger partial charge in [-0.25, -0.2) is 9.78 Å². The first-order valence-electron chi connectivity index (χ1n) is 7.39. The van der Waals surface area contributed by atoms with Crippen molar-refractivity contribution in [3.8, 4) is 0 Å². The molecule has 0 bridgehead atoms. The van der Waals surface area contributed by atoms with Crippen molar-refractivity contribution in [1.29, 1.82) is 0 Å². The Bertz CT molecular complexity index is 681. The molecule has 1 aromatic heterocycles. The van der Waals surface area contributed by atoms with E-state index in [1.54, 1.807) is 18.2 Å². The predicted molar refractivity (Wildman–Crippen MR) is 81.0 cm³/mol. The summed E-state index contributed by atoms with van der Waals surface area (Å²) in [6.45, 7) is 3.85. The van der Waals surface area contributed by atoms with Crippen molar-refractivity contribution in [3.05, 3.63) is 30.1 Å². The molecule has 2 N–H and O–H groups in total. The second-order valence-corrected chi connectivity index (χ2v) is 5.28. The van der Waals surface area contributed by atoms with E-state index in [4.69, 9.17) is 0 Å². The van der Waals surface area contributed by atoms with Crippen LogP contribution in [0.25, 0.3) is 11.0 Å². The van der Waals surface area contributed by atoms with Crippen LogP contribution in [-0.2, 0) is 12.7 Å². The van der Waals surface area contributed by atoms with Crippen molar-refractivity contribution in [3.63, 3.8) is 0 Å². The number of halogens is 3. The number of para-hydroxylation sites is 2. The number of hydrogen-bond acceptors (Lipinski definition) is 2. The zero-order valence-electron chi connectivity index (χ0n) is 12.9. The molecule has 0 fully saturated rings. The van der Waals surface area contributed by atoms with Crippen LogP contribution in [0.4, 0.5) is 18.0 Å². The number of alkyl halides is 3. The second-order valence-electron chi connectivity index (χ2n) is 5.28. The van der Waals surface area contributed by atoms with E-state index in [-0.39, 0.29) is 24.6 Å². The molecule has 2 rings (SSSR count). The molecule has 0 saturated heterocycles. The molecule has 1 atom stereocenters. The van der Waals surface area contributed by atoms with Crippen LogP contribution in [0.15, 0.2) is 24.3 Å². The summed E-state index contributed by atoms with van der Waals surface area (Å²) in [5, 5.41) is 5.26. The molecule has 8 heteroatoms. The molecule has 0 radical (unpaired) electrons. The first-order valence-corrected chi connectivity index (χ1v) is 7.39. The average molecular weight is 328 g/mol. The third-order valence-electron chi connectivity index (χ3n) is 3.52. The molecule has 1 aromatic carbocycles. The van der Waals surface area contributed by atoms with Gasteiger partial charge in [-0.05, 0) is 25.5 Å². The highest BCUT2D eigenvalue weighted by atomic mass is 19.4. The van der Waals surface area contributed by atoms with Gasteiger partial charge >= 0.3 is 12.2 Å². The normalized spacial score (nSPS) is 13.1. The molecule has 0 saturated carbocycles. The highest BCUT2D eigenvalue weighted by molar-refractivity contribution is 5.76. The summed E-state index contributed by atoms with van der Waals surface area (Å²) in [4.78, 5) is 15.3. The Kier molecular flexibility index (Phi) is 5.12. The topological polar surface area (TPSA) is 59.0 Å². The fourth-order valence-electron chi connectivity index (χ4n) is 2.18. The van der Waals surface area contributed by atoms with E-state index in [0.717, 1.165) is 11.0 Å². The van der Waals surface area contributed by atoms with Crippen molar-refractivity contribution < 1.29 is 18.0 Å². The molecule has 0 aliphatic carbocycles. The van der Waals surface area contributed by atoms with Gasteiger partial charge in [0.2, 0.25) is 5.82 Å². The molecule has 0 aliphatic rings. The van der Waals surface area contributed by atoms with Crippen LogP contribution >= 0.6 is 0 Å². The van der Waals surface area contributed by atoms with Gasteiger partial charge in [0.15, 0.2) is 0 Å². The number of amides is 2. The van der Waals surface area contributed by atoms with Crippen molar-refractivity contribution in [2.75, 3.05) is 6.54 Å². The van der Waals surface area contributed by atoms with Crippen molar-refractivity contribution in [2.45, 2.75) is 39.0 Å². The Balaban J connectivity index is 2.11. The Labute approximate surface area is 131 Å². The summed E-state index contributed by atoms with van der Waals surface area (Å²) >= 11 is 0. The zero-order chi connectivity index (χ0) is 17.0. The van der Waals surface area contributed by atoms with Gasteiger partial charge < -0.3 is 15.2 Å². The summed E-state index contributed by atoms with van der Waals surface area (Å²) in [5.74, 6) is -0.956. The number of fused-ring (bicyclic) bond motifs is 1. The van der Waals surface area contributed by atoms with Gasteiger partial charge in [-0.3, -0.25) is 0 Å². The molecule has 2 amide bonds. The molecule has 23 heavy (non-hydrogen) atoms. The molecular formula is C15H19F3N4O. The fourth-order valence-corrected chi connectivity index (χ4v) is 2.18. The molecular weight excluding hydrogens is 309 g/mol. The Morgan fingerprint density at radius 1 is 1.35 bits per heavy atom. The zero-order valence-corrected chi connectivity index (χ0v) is 12.9. The third kappa shape index (κ3) is 4.14. The number of urea groups is 1. The van der Waals surface area contributed by atoms with Gasteiger partial charge in [0.1, 0.15) is 0 Å². The van der Waals surface area contributed by atoms with Gasteiger partial charge in [-0.15, -0.1) is 0 Å². The van der Waals surface area contributed by atoms with Gasteiger partial charge in [-0.2, -0.15) is 13.2 Å². The third-order valence-corrected chi connectivity index (χ3v) is 3.52. The number of nitrogens with zero attached hydrogens (tertiary/aromatic N) is 2. The van der Waals surface area contributed by atoms with E-state index < -0.39 is 18.0 Å². The van der Waals surface area contributed by atoms with Crippen LogP contribution in [0.2, 0.25) is 0 Å². The Morgan fingerprint density at radius 2 is 2.04 bits per heavy atom. The van der Waals surface area contributed by atoms with E-state index in [0.29, 0.717) is 5.52 Å². The van der Waals surface area contributed by atoms with Gasteiger partial charge in [0.25, 0.3) is 0 Å². The van der Waals surface area contributed by atoms with E-state index in [2.05, 4.69) is 15.6 Å². The maximum absolute atomic E-state index is 13.1. The lowest BCUT2D eigenvalue weighted by atomic mass is 10.3. The molecule has 0 spiro atoms. The number of imidazole rings is 1. The SMILES string of the molecule is CC[C@@H](C)NC(=O)NCCn1c(C(F)(F)F)nc2ccccc21. The van der Waals surface area contributed by atoms with Crippen LogP contribution < -0.4 is 10.6 Å². The van der Waals surface area contributed by atoms with Crippen LogP contribution in [0.3, 0.4) is 0 Å². The average Bonchev–Trinajstić information content (AvgIpc) is 2.86. The number of nitrogens with one attached hydrogen (secondary N) is 2. The quantitative estimate of drug-likeness (QED) is 0.886. The molecule has 2 aromatic rings. The molecule has 0 aliphatic heterocycles. The summed E-state index contributed by atoms with van der Waals surface area (Å²) in [5.41, 5.74) is 0.674. The molecule has 1 heterocycles. The van der Waals surface area contributed by atoms with Gasteiger partial charge in [-0.1, -0.05) is 19.1 Å². The maximum atomic E-state index is 13.1. The van der Waals surface area contributed by atoms with E-state index in [9.17, 15) is 18.0 Å². The highest BCUT2D eigenvalue weighted by Gasteiger charge is 2.37. The minimum atomic E-state index is -4.54. The van der Waals surface area contributed by atoms with Crippen LogP contribution in [-0.4, -0.2) is 28.2 Å². The van der Waals surface area contributed by atoms with E-state index >= 15 is 0 Å². The summed E-state index contributed by atoms with van der Waals surface area (Å²) in [7, 11) is 0. The van der Waals surface area contributed by atoms with Crippen LogP contribution in [0.5, 0.6) is 0 Å². The number of aromatic nitrogens is 2. The molecule has 126 valence electrons. The number of carbonyl (C=O) groups excluding carboxylic acids is 1. The predicted octanol–water partition coefficient (Wildman–Crippen LogP) is 3.15. The van der Waals surface area contributed by atoms with Crippen LogP contribution in [0, 0.1) is 0 Å². The summed E-state index contributed by atoms with van der Waals surface area (Å²) < 4.78 is 40.4. The first-order chi connectivity index (χ1) is 10.8. The number of benzene rings is 1. The highest BCUT2D eigenvalue weighted by Crippen LogP contribution is 2.31. The fraction of sp³-hybridized carbons (Fsp3) is 0.467. The Hall–Kier alpha value is -2.25. The molecule has 5 nitrogen and oxygen atoms in total. The second kappa shape index (κ2) is 6.89. The minimum Gasteiger partial charge on any atom is -0.336 e. The smallest absolute Gasteiger partial charge is 0.336 e. The maximum Gasteiger partial charge on any atom is 0.449 e. The molecule has 0 unspecified atom stereocenters. The number of hydrogen-bond donors (Lipinski definition) is 2. The van der Waals surface area contributed by atoms with E-state index in [1.165, 1.54) is 6.07 Å². The van der Waals surface area contributed by atoms with Crippen molar-refractivity contribution in [2.24, 2.45) is 0 Å². The van der Waals surface area contributed by atoms with Crippen molar-refractivity contribution in [1.82, 2.24) is 20.2 Å². The van der Waals surface area contributed by atoms with E-state index in [1.807, 2.05) is 13.8 Å².